The molecule has 5 rings (SSSR count). The minimum atomic E-state index is -0.0265. The molecule has 0 bridgehead atoms. The molecule has 0 spiro atoms. The van der Waals surface area contributed by atoms with Crippen LogP contribution in [0, 0.1) is 0 Å². The van der Waals surface area contributed by atoms with Gasteiger partial charge in [0.25, 0.3) is 5.91 Å². The fraction of sp³-hybridized carbons (Fsp3) is 0.160. The van der Waals surface area contributed by atoms with E-state index in [0.29, 0.717) is 29.2 Å². The number of thiophene rings is 1. The fourth-order valence-electron chi connectivity index (χ4n) is 3.76. The number of aromatic nitrogens is 3. The van der Waals surface area contributed by atoms with Crippen molar-refractivity contribution < 1.29 is 4.79 Å². The van der Waals surface area contributed by atoms with Crippen molar-refractivity contribution in [2.75, 3.05) is 18.4 Å². The summed E-state index contributed by atoms with van der Waals surface area (Å²) in [5, 5.41) is 12.5. The number of carbonyl (C=O) groups is 1. The van der Waals surface area contributed by atoms with Crippen molar-refractivity contribution in [3.8, 4) is 11.3 Å². The summed E-state index contributed by atoms with van der Waals surface area (Å²) >= 11 is 7.90. The lowest BCUT2D eigenvalue weighted by Gasteiger charge is -2.12. The van der Waals surface area contributed by atoms with E-state index >= 15 is 0 Å². The number of nitrogens with one attached hydrogen (secondary N) is 2. The molecular formula is C25H21BClN5OS. The Morgan fingerprint density at radius 3 is 2.71 bits per heavy atom. The number of unbranched alkanes of at least 4 members (excludes halogenated alkanes) is 1. The maximum atomic E-state index is 12.5. The van der Waals surface area contributed by atoms with Crippen LogP contribution in [0.3, 0.4) is 0 Å². The van der Waals surface area contributed by atoms with Gasteiger partial charge < -0.3 is 10.6 Å². The number of nitrogens with zero attached hydrogens (tertiary/aromatic N) is 3. The Morgan fingerprint density at radius 2 is 1.85 bits per heavy atom. The van der Waals surface area contributed by atoms with Gasteiger partial charge in [-0.1, -0.05) is 48.0 Å². The summed E-state index contributed by atoms with van der Waals surface area (Å²) in [6.45, 7) is 1.32. The van der Waals surface area contributed by atoms with E-state index < -0.39 is 0 Å². The van der Waals surface area contributed by atoms with Gasteiger partial charge in [-0.05, 0) is 41.9 Å². The molecule has 0 fully saturated rings. The Balaban J connectivity index is 1.19. The highest BCUT2D eigenvalue weighted by Gasteiger charge is 2.12. The Bertz CT molecular complexity index is 1450. The second-order valence-electron chi connectivity index (χ2n) is 7.88. The number of rotatable bonds is 8. The number of amides is 1. The Labute approximate surface area is 207 Å². The van der Waals surface area contributed by atoms with Crippen molar-refractivity contribution >= 4 is 63.7 Å². The third-order valence-corrected chi connectivity index (χ3v) is 6.94. The highest BCUT2D eigenvalue weighted by molar-refractivity contribution is 7.20. The maximum Gasteiger partial charge on any atom is 0.261 e. The van der Waals surface area contributed by atoms with Crippen LogP contribution >= 0.6 is 22.9 Å². The van der Waals surface area contributed by atoms with Crippen molar-refractivity contribution in [2.24, 2.45) is 0 Å². The van der Waals surface area contributed by atoms with Gasteiger partial charge in [-0.25, -0.2) is 4.98 Å². The van der Waals surface area contributed by atoms with Crippen LogP contribution in [0.15, 0.2) is 66.9 Å². The van der Waals surface area contributed by atoms with Gasteiger partial charge in [0.2, 0.25) is 0 Å². The van der Waals surface area contributed by atoms with Gasteiger partial charge in [-0.2, -0.15) is 9.61 Å². The highest BCUT2D eigenvalue weighted by Crippen LogP contribution is 2.28. The van der Waals surface area contributed by atoms with Gasteiger partial charge >= 0.3 is 0 Å². The molecule has 0 aliphatic heterocycles. The van der Waals surface area contributed by atoms with Gasteiger partial charge in [0, 0.05) is 40.6 Å². The highest BCUT2D eigenvalue weighted by atomic mass is 35.5. The molecule has 6 nitrogen and oxygen atoms in total. The SMILES string of the molecule is [B]c1cnn2c(NCCCCNC(=O)c3cc4ccccc4s3)cc(-c3ccccc3Cl)nc12. The van der Waals surface area contributed by atoms with Crippen LogP contribution in [-0.4, -0.2) is 41.4 Å². The standard InChI is InChI=1S/C25H21BClN5OS/c26-18-15-30-32-23(14-20(31-24(18)32)17-8-2-3-9-19(17)27)28-11-5-6-12-29-25(33)22-13-16-7-1-4-10-21(16)34-22/h1-4,7-10,13-15,28H,5-6,11-12H2,(H,29,33). The number of carbonyl (C=O) groups excluding carboxylic acids is 1. The monoisotopic (exact) mass is 485 g/mol. The summed E-state index contributed by atoms with van der Waals surface area (Å²) in [5.74, 6) is 0.757. The number of halogens is 1. The van der Waals surface area contributed by atoms with E-state index in [1.807, 2.05) is 60.7 Å². The van der Waals surface area contributed by atoms with Gasteiger partial charge in [0.05, 0.1) is 10.6 Å². The fourth-order valence-corrected chi connectivity index (χ4v) is 4.97. The smallest absolute Gasteiger partial charge is 0.261 e. The average Bonchev–Trinajstić information content (AvgIpc) is 3.45. The number of benzene rings is 2. The molecule has 3 heterocycles. The minimum absolute atomic E-state index is 0.0265. The van der Waals surface area contributed by atoms with Crippen molar-refractivity contribution in [3.63, 3.8) is 0 Å². The largest absolute Gasteiger partial charge is 0.370 e. The first kappa shape index (κ1) is 22.4. The third kappa shape index (κ3) is 4.65. The minimum Gasteiger partial charge on any atom is -0.370 e. The lowest BCUT2D eigenvalue weighted by Crippen LogP contribution is -2.24. The molecular weight excluding hydrogens is 465 g/mol. The molecule has 34 heavy (non-hydrogen) atoms. The molecule has 1 amide bonds. The summed E-state index contributed by atoms with van der Waals surface area (Å²) in [6, 6.07) is 19.5. The van der Waals surface area contributed by atoms with Crippen molar-refractivity contribution in [2.45, 2.75) is 12.8 Å². The molecule has 0 aliphatic carbocycles. The zero-order chi connectivity index (χ0) is 23.5. The molecule has 2 N–H and O–H groups in total. The van der Waals surface area contributed by atoms with Crippen LogP contribution in [0.2, 0.25) is 5.02 Å². The summed E-state index contributed by atoms with van der Waals surface area (Å²) in [7, 11) is 6.08. The summed E-state index contributed by atoms with van der Waals surface area (Å²) in [6.07, 6.45) is 3.30. The molecule has 2 radical (unpaired) electrons. The molecule has 0 saturated heterocycles. The van der Waals surface area contributed by atoms with Crippen LogP contribution in [0.1, 0.15) is 22.5 Å². The van der Waals surface area contributed by atoms with Crippen molar-refractivity contribution in [3.05, 3.63) is 76.8 Å². The molecule has 0 aliphatic rings. The topological polar surface area (TPSA) is 71.3 Å². The molecule has 0 atom stereocenters. The lowest BCUT2D eigenvalue weighted by molar-refractivity contribution is 0.0957. The molecule has 0 saturated carbocycles. The molecule has 168 valence electrons. The molecule has 0 unspecified atom stereocenters. The Morgan fingerprint density at radius 1 is 1.06 bits per heavy atom. The normalized spacial score (nSPS) is 11.2. The lowest BCUT2D eigenvalue weighted by atomic mass is 10.0. The number of hydrogen-bond donors (Lipinski definition) is 2. The molecule has 9 heteroatoms. The van der Waals surface area contributed by atoms with E-state index in [1.54, 1.807) is 10.7 Å². The van der Waals surface area contributed by atoms with Crippen molar-refractivity contribution in [1.29, 1.82) is 0 Å². The van der Waals surface area contributed by atoms with E-state index in [9.17, 15) is 4.79 Å². The average molecular weight is 486 g/mol. The number of hydrogen-bond acceptors (Lipinski definition) is 5. The van der Waals surface area contributed by atoms with Crippen molar-refractivity contribution in [1.82, 2.24) is 19.9 Å². The van der Waals surface area contributed by atoms with Crippen LogP contribution in [0.25, 0.3) is 27.0 Å². The van der Waals surface area contributed by atoms with Crippen LogP contribution in [0.4, 0.5) is 5.82 Å². The first-order valence-electron chi connectivity index (χ1n) is 11.0. The van der Waals surface area contributed by atoms with Gasteiger partial charge in [-0.3, -0.25) is 4.79 Å². The third-order valence-electron chi connectivity index (χ3n) is 5.49. The first-order chi connectivity index (χ1) is 16.6. The first-order valence-corrected chi connectivity index (χ1v) is 12.2. The zero-order valence-electron chi connectivity index (χ0n) is 18.3. The quantitative estimate of drug-likeness (QED) is 0.247. The number of fused-ring (bicyclic) bond motifs is 2. The predicted molar refractivity (Wildman–Crippen MR) is 141 cm³/mol. The van der Waals surface area contributed by atoms with Gasteiger partial charge in [0.15, 0.2) is 5.65 Å². The summed E-state index contributed by atoms with van der Waals surface area (Å²) < 4.78 is 2.81. The van der Waals surface area contributed by atoms with E-state index in [4.69, 9.17) is 19.4 Å². The van der Waals surface area contributed by atoms with Gasteiger partial charge in [-0.15, -0.1) is 11.3 Å². The van der Waals surface area contributed by atoms with Crippen LogP contribution in [-0.2, 0) is 0 Å². The summed E-state index contributed by atoms with van der Waals surface area (Å²) in [4.78, 5) is 17.8. The maximum absolute atomic E-state index is 12.5. The molecule has 5 aromatic rings. The van der Waals surface area contributed by atoms with E-state index in [1.165, 1.54) is 11.3 Å². The van der Waals surface area contributed by atoms with E-state index in [2.05, 4.69) is 20.7 Å². The second-order valence-corrected chi connectivity index (χ2v) is 9.37. The number of anilines is 1. The summed E-state index contributed by atoms with van der Waals surface area (Å²) in [5.41, 5.74) is 2.64. The predicted octanol–water partition coefficient (Wildman–Crippen LogP) is 4.68. The Hall–Kier alpha value is -3.36. The molecule has 3 aromatic heterocycles. The second kappa shape index (κ2) is 9.87. The van der Waals surface area contributed by atoms with Crippen LogP contribution < -0.4 is 16.1 Å². The zero-order valence-corrected chi connectivity index (χ0v) is 19.9. The van der Waals surface area contributed by atoms with E-state index in [-0.39, 0.29) is 5.91 Å². The van der Waals surface area contributed by atoms with E-state index in [0.717, 1.165) is 44.9 Å². The molecule has 2 aromatic carbocycles. The van der Waals surface area contributed by atoms with Crippen LogP contribution in [0.5, 0.6) is 0 Å². The Kier molecular flexibility index (Phi) is 6.51. The van der Waals surface area contributed by atoms with Gasteiger partial charge in [0.1, 0.15) is 13.7 Å².